The zero-order valence-corrected chi connectivity index (χ0v) is 7.50. The highest BCUT2D eigenvalue weighted by Gasteiger charge is 2.23. The summed E-state index contributed by atoms with van der Waals surface area (Å²) in [5, 5.41) is 2.62. The number of rotatable bonds is 4. The summed E-state index contributed by atoms with van der Waals surface area (Å²) in [4.78, 5) is 11.0. The largest absolute Gasteiger partial charge is 0.447 e. The lowest BCUT2D eigenvalue weighted by molar-refractivity contribution is 0.104. The van der Waals surface area contributed by atoms with E-state index in [9.17, 15) is 4.79 Å². The lowest BCUT2D eigenvalue weighted by Gasteiger charge is -2.10. The van der Waals surface area contributed by atoms with Gasteiger partial charge in [-0.15, -0.1) is 0 Å². The van der Waals surface area contributed by atoms with Crippen LogP contribution in [0.2, 0.25) is 0 Å². The van der Waals surface area contributed by atoms with Gasteiger partial charge in [0.2, 0.25) is 0 Å². The molecular weight excluding hydrogens is 158 g/mol. The van der Waals surface area contributed by atoms with Gasteiger partial charge in [0, 0.05) is 6.54 Å². The van der Waals surface area contributed by atoms with Crippen LogP contribution in [0.15, 0.2) is 0 Å². The number of amides is 1. The van der Waals surface area contributed by atoms with E-state index in [1.54, 1.807) is 0 Å². The van der Waals surface area contributed by atoms with Crippen molar-refractivity contribution in [2.24, 2.45) is 0 Å². The van der Waals surface area contributed by atoms with Crippen molar-refractivity contribution >= 4 is 6.09 Å². The summed E-state index contributed by atoms with van der Waals surface area (Å²) in [5.41, 5.74) is 0. The third kappa shape index (κ3) is 3.57. The lowest BCUT2D eigenvalue weighted by Crippen LogP contribution is -2.30. The molecule has 1 aliphatic heterocycles. The van der Waals surface area contributed by atoms with Gasteiger partial charge in [0.1, 0.15) is 6.10 Å². The highest BCUT2D eigenvalue weighted by Crippen LogP contribution is 2.06. The van der Waals surface area contributed by atoms with Crippen molar-refractivity contribution in [3.63, 3.8) is 0 Å². The van der Waals surface area contributed by atoms with Crippen LogP contribution in [0.3, 0.4) is 0 Å². The van der Waals surface area contributed by atoms with Gasteiger partial charge >= 0.3 is 6.09 Å². The molecule has 2 atom stereocenters. The molecule has 4 heteroatoms. The van der Waals surface area contributed by atoms with Gasteiger partial charge in [-0.2, -0.15) is 0 Å². The molecule has 0 aromatic rings. The summed E-state index contributed by atoms with van der Waals surface area (Å²) >= 11 is 0. The number of epoxide rings is 1. The second-order valence-corrected chi connectivity index (χ2v) is 2.96. The van der Waals surface area contributed by atoms with Gasteiger partial charge in [-0.1, -0.05) is 6.92 Å². The van der Waals surface area contributed by atoms with Crippen LogP contribution in [-0.2, 0) is 9.47 Å². The van der Waals surface area contributed by atoms with Crippen molar-refractivity contribution in [1.82, 2.24) is 5.32 Å². The zero-order valence-electron chi connectivity index (χ0n) is 7.50. The minimum atomic E-state index is -0.347. The second-order valence-electron chi connectivity index (χ2n) is 2.96. The Morgan fingerprint density at radius 1 is 1.83 bits per heavy atom. The Labute approximate surface area is 72.2 Å². The molecule has 0 bridgehead atoms. The fourth-order valence-corrected chi connectivity index (χ4v) is 0.691. The van der Waals surface area contributed by atoms with Crippen LogP contribution < -0.4 is 5.32 Å². The van der Waals surface area contributed by atoms with Gasteiger partial charge in [-0.3, -0.25) is 0 Å². The number of nitrogens with one attached hydrogen (secondary N) is 1. The molecule has 0 aliphatic carbocycles. The van der Waals surface area contributed by atoms with E-state index in [1.807, 2.05) is 13.8 Å². The van der Waals surface area contributed by atoms with Crippen molar-refractivity contribution in [1.29, 1.82) is 0 Å². The molecule has 1 saturated heterocycles. The molecule has 70 valence electrons. The smallest absolute Gasteiger partial charge is 0.407 e. The molecule has 1 heterocycles. The third-order valence-corrected chi connectivity index (χ3v) is 1.76. The molecule has 4 nitrogen and oxygen atoms in total. The molecule has 0 aromatic carbocycles. The summed E-state index contributed by atoms with van der Waals surface area (Å²) in [7, 11) is 0. The number of carbonyl (C=O) groups is 1. The van der Waals surface area contributed by atoms with Crippen LogP contribution in [-0.4, -0.2) is 31.5 Å². The molecule has 12 heavy (non-hydrogen) atoms. The van der Waals surface area contributed by atoms with Crippen LogP contribution in [0.25, 0.3) is 0 Å². The molecule has 1 aliphatic rings. The molecule has 1 rings (SSSR count). The molecule has 0 aromatic heterocycles. The van der Waals surface area contributed by atoms with E-state index in [0.29, 0.717) is 6.54 Å². The first-order valence-electron chi connectivity index (χ1n) is 4.28. The Kier molecular flexibility index (Phi) is 3.34. The van der Waals surface area contributed by atoms with Gasteiger partial charge in [-0.25, -0.2) is 4.79 Å². The van der Waals surface area contributed by atoms with E-state index in [-0.39, 0.29) is 18.3 Å². The summed E-state index contributed by atoms with van der Waals surface area (Å²) < 4.78 is 9.89. The predicted octanol–water partition coefficient (Wildman–Crippen LogP) is 0.910. The summed E-state index contributed by atoms with van der Waals surface area (Å²) in [6.45, 7) is 5.16. The minimum absolute atomic E-state index is 0.00915. The topological polar surface area (TPSA) is 50.9 Å². The maximum Gasteiger partial charge on any atom is 0.407 e. The molecular formula is C8H15NO3. The molecule has 2 unspecified atom stereocenters. The van der Waals surface area contributed by atoms with Crippen molar-refractivity contribution in [3.05, 3.63) is 0 Å². The standard InChI is InChI=1S/C8H15NO3/c1-3-6(2)12-8(10)9-4-7-5-11-7/h6-7H,3-5H2,1-2H3,(H,9,10). The summed E-state index contributed by atoms with van der Waals surface area (Å²) in [6, 6.07) is 0. The first-order valence-corrected chi connectivity index (χ1v) is 4.28. The highest BCUT2D eigenvalue weighted by atomic mass is 16.6. The third-order valence-electron chi connectivity index (χ3n) is 1.76. The van der Waals surface area contributed by atoms with E-state index < -0.39 is 0 Å². The monoisotopic (exact) mass is 173 g/mol. The first kappa shape index (κ1) is 9.32. The molecule has 0 saturated carbocycles. The van der Waals surface area contributed by atoms with Gasteiger partial charge in [0.25, 0.3) is 0 Å². The van der Waals surface area contributed by atoms with Crippen LogP contribution in [0.1, 0.15) is 20.3 Å². The summed E-state index contributed by atoms with van der Waals surface area (Å²) in [5.74, 6) is 0. The SMILES string of the molecule is CCC(C)OC(=O)NCC1CO1. The van der Waals surface area contributed by atoms with Crippen LogP contribution in [0.4, 0.5) is 4.79 Å². The number of hydrogen-bond acceptors (Lipinski definition) is 3. The summed E-state index contributed by atoms with van der Waals surface area (Å²) in [6.07, 6.45) is 0.701. The van der Waals surface area contributed by atoms with Gasteiger partial charge in [0.15, 0.2) is 0 Å². The van der Waals surface area contributed by atoms with Crippen molar-refractivity contribution < 1.29 is 14.3 Å². The Balaban J connectivity index is 2.01. The van der Waals surface area contributed by atoms with Gasteiger partial charge in [0.05, 0.1) is 12.7 Å². The Morgan fingerprint density at radius 3 is 3.00 bits per heavy atom. The molecule has 1 fully saturated rings. The van der Waals surface area contributed by atoms with Gasteiger partial charge in [-0.05, 0) is 13.3 Å². The maximum absolute atomic E-state index is 11.0. The van der Waals surface area contributed by atoms with Crippen molar-refractivity contribution in [2.45, 2.75) is 32.5 Å². The molecule has 1 N–H and O–H groups in total. The number of ether oxygens (including phenoxy) is 2. The van der Waals surface area contributed by atoms with Crippen LogP contribution in [0, 0.1) is 0 Å². The maximum atomic E-state index is 11.0. The highest BCUT2D eigenvalue weighted by molar-refractivity contribution is 5.67. The fourth-order valence-electron chi connectivity index (χ4n) is 0.691. The zero-order chi connectivity index (χ0) is 8.97. The van der Waals surface area contributed by atoms with E-state index in [0.717, 1.165) is 13.0 Å². The second kappa shape index (κ2) is 4.30. The minimum Gasteiger partial charge on any atom is -0.447 e. The van der Waals surface area contributed by atoms with E-state index in [4.69, 9.17) is 9.47 Å². The number of carbonyl (C=O) groups excluding carboxylic acids is 1. The van der Waals surface area contributed by atoms with E-state index in [2.05, 4.69) is 5.32 Å². The van der Waals surface area contributed by atoms with Gasteiger partial charge < -0.3 is 14.8 Å². The molecule has 0 radical (unpaired) electrons. The van der Waals surface area contributed by atoms with E-state index >= 15 is 0 Å². The van der Waals surface area contributed by atoms with Crippen LogP contribution >= 0.6 is 0 Å². The number of alkyl carbamates (subject to hydrolysis) is 1. The van der Waals surface area contributed by atoms with Crippen molar-refractivity contribution in [2.75, 3.05) is 13.2 Å². The van der Waals surface area contributed by atoms with Crippen molar-refractivity contribution in [3.8, 4) is 0 Å². The van der Waals surface area contributed by atoms with Crippen LogP contribution in [0.5, 0.6) is 0 Å². The Bertz CT molecular complexity index is 156. The average molecular weight is 173 g/mol. The number of hydrogen-bond donors (Lipinski definition) is 1. The quantitative estimate of drug-likeness (QED) is 0.643. The van der Waals surface area contributed by atoms with E-state index in [1.165, 1.54) is 0 Å². The Morgan fingerprint density at radius 2 is 2.50 bits per heavy atom. The Hall–Kier alpha value is -0.770. The first-order chi connectivity index (χ1) is 5.72. The molecule has 0 spiro atoms. The molecule has 1 amide bonds. The predicted molar refractivity (Wildman–Crippen MR) is 44.0 cm³/mol. The fraction of sp³-hybridized carbons (Fsp3) is 0.875. The normalized spacial score (nSPS) is 23.0. The lowest BCUT2D eigenvalue weighted by atomic mass is 10.3. The average Bonchev–Trinajstić information content (AvgIpc) is 2.83.